The Kier molecular flexibility index (Phi) is 4.28. The van der Waals surface area contributed by atoms with Crippen molar-refractivity contribution in [2.75, 3.05) is 5.32 Å². The minimum atomic E-state index is -0.265. The average Bonchev–Trinajstić information content (AvgIpc) is 2.43. The lowest BCUT2D eigenvalue weighted by molar-refractivity contribution is 0.255. The van der Waals surface area contributed by atoms with E-state index in [1.807, 2.05) is 19.9 Å². The van der Waals surface area contributed by atoms with Gasteiger partial charge in [0.25, 0.3) is 0 Å². The van der Waals surface area contributed by atoms with Gasteiger partial charge in [-0.1, -0.05) is 26.8 Å². The lowest BCUT2D eigenvalue weighted by atomic mass is 9.97. The molecule has 0 aliphatic rings. The van der Waals surface area contributed by atoms with Crippen molar-refractivity contribution in [1.82, 2.24) is 10.3 Å². The van der Waals surface area contributed by atoms with Crippen LogP contribution in [0.25, 0.3) is 0 Å². The molecule has 0 aliphatic carbocycles. The van der Waals surface area contributed by atoms with Gasteiger partial charge in [-0.3, -0.25) is 5.32 Å². The number of nitrogens with one attached hydrogen (secondary N) is 2. The fourth-order valence-corrected chi connectivity index (χ4v) is 1.84. The minimum Gasteiger partial charge on any atom is -0.315 e. The van der Waals surface area contributed by atoms with E-state index in [4.69, 9.17) is 0 Å². The standard InChI is InChI=1S/C12H19N3OS/c1-8-9(2)17-11(14-8)15-10(16)13-7-6-12(3,4)5/h6-7H,1-5H3,(H2,13,14,15,16)/b7-6+. The van der Waals surface area contributed by atoms with E-state index < -0.39 is 0 Å². The summed E-state index contributed by atoms with van der Waals surface area (Å²) in [5, 5.41) is 5.97. The van der Waals surface area contributed by atoms with Crippen LogP contribution in [0.1, 0.15) is 31.3 Å². The third kappa shape index (κ3) is 4.99. The molecular weight excluding hydrogens is 234 g/mol. The first-order valence-corrected chi connectivity index (χ1v) is 6.29. The Labute approximate surface area is 106 Å². The number of hydrogen-bond donors (Lipinski definition) is 2. The van der Waals surface area contributed by atoms with Gasteiger partial charge in [0.05, 0.1) is 5.69 Å². The van der Waals surface area contributed by atoms with Crippen molar-refractivity contribution in [2.45, 2.75) is 34.6 Å². The predicted molar refractivity (Wildman–Crippen MR) is 72.3 cm³/mol. The molecule has 1 aromatic heterocycles. The second-order valence-electron chi connectivity index (χ2n) is 4.96. The molecule has 0 aliphatic heterocycles. The summed E-state index contributed by atoms with van der Waals surface area (Å²) in [5.74, 6) is 0. The molecule has 5 heteroatoms. The molecule has 0 atom stereocenters. The quantitative estimate of drug-likeness (QED) is 0.848. The van der Waals surface area contributed by atoms with Gasteiger partial charge in [-0.05, 0) is 19.3 Å². The number of urea groups is 1. The summed E-state index contributed by atoms with van der Waals surface area (Å²) in [4.78, 5) is 16.9. The number of carbonyl (C=O) groups excluding carboxylic acids is 1. The fourth-order valence-electron chi connectivity index (χ4n) is 1.03. The molecule has 0 bridgehead atoms. The van der Waals surface area contributed by atoms with Crippen molar-refractivity contribution >= 4 is 22.5 Å². The summed E-state index contributed by atoms with van der Waals surface area (Å²) in [6.45, 7) is 10.1. The normalized spacial score (nSPS) is 11.8. The number of hydrogen-bond acceptors (Lipinski definition) is 3. The van der Waals surface area contributed by atoms with Crippen molar-refractivity contribution < 1.29 is 4.79 Å². The van der Waals surface area contributed by atoms with Crippen LogP contribution in [0.2, 0.25) is 0 Å². The molecule has 1 aromatic rings. The highest BCUT2D eigenvalue weighted by atomic mass is 32.1. The van der Waals surface area contributed by atoms with E-state index in [1.165, 1.54) is 11.3 Å². The van der Waals surface area contributed by atoms with Crippen LogP contribution in [0, 0.1) is 19.3 Å². The predicted octanol–water partition coefficient (Wildman–Crippen LogP) is 3.44. The van der Waals surface area contributed by atoms with Gasteiger partial charge in [-0.2, -0.15) is 0 Å². The Morgan fingerprint density at radius 2 is 2.00 bits per heavy atom. The SMILES string of the molecule is Cc1nc(NC(=O)N/C=C/C(C)(C)C)sc1C. The maximum Gasteiger partial charge on any atom is 0.324 e. The van der Waals surface area contributed by atoms with Gasteiger partial charge in [0.2, 0.25) is 0 Å². The van der Waals surface area contributed by atoms with E-state index in [9.17, 15) is 4.79 Å². The summed E-state index contributed by atoms with van der Waals surface area (Å²) < 4.78 is 0. The van der Waals surface area contributed by atoms with Crippen molar-refractivity contribution in [3.05, 3.63) is 22.8 Å². The summed E-state index contributed by atoms with van der Waals surface area (Å²) in [6, 6.07) is -0.265. The molecule has 0 saturated heterocycles. The first-order chi connectivity index (χ1) is 7.78. The molecular formula is C12H19N3OS. The molecule has 0 fully saturated rings. The number of rotatable bonds is 2. The van der Waals surface area contributed by atoms with Crippen LogP contribution in [0.4, 0.5) is 9.93 Å². The van der Waals surface area contributed by atoms with Gasteiger partial charge in [0.15, 0.2) is 5.13 Å². The highest BCUT2D eigenvalue weighted by molar-refractivity contribution is 7.15. The Hall–Kier alpha value is -1.36. The van der Waals surface area contributed by atoms with Gasteiger partial charge in [0, 0.05) is 11.1 Å². The lowest BCUT2D eigenvalue weighted by Crippen LogP contribution is -2.24. The number of allylic oxidation sites excluding steroid dienone is 1. The Morgan fingerprint density at radius 1 is 1.35 bits per heavy atom. The van der Waals surface area contributed by atoms with E-state index in [-0.39, 0.29) is 11.4 Å². The van der Waals surface area contributed by atoms with Crippen molar-refractivity contribution in [2.24, 2.45) is 5.41 Å². The molecule has 1 heterocycles. The monoisotopic (exact) mass is 253 g/mol. The van der Waals surface area contributed by atoms with Crippen molar-refractivity contribution in [1.29, 1.82) is 0 Å². The van der Waals surface area contributed by atoms with E-state index in [0.717, 1.165) is 10.6 Å². The van der Waals surface area contributed by atoms with E-state index in [2.05, 4.69) is 36.4 Å². The fraction of sp³-hybridized carbons (Fsp3) is 0.500. The van der Waals surface area contributed by atoms with Crippen molar-refractivity contribution in [3.63, 3.8) is 0 Å². The number of amides is 2. The van der Waals surface area contributed by atoms with Crippen LogP contribution >= 0.6 is 11.3 Å². The van der Waals surface area contributed by atoms with Crippen LogP contribution in [0.15, 0.2) is 12.3 Å². The summed E-state index contributed by atoms with van der Waals surface area (Å²) in [6.07, 6.45) is 3.59. The van der Waals surface area contributed by atoms with Crippen molar-refractivity contribution in [3.8, 4) is 0 Å². The summed E-state index contributed by atoms with van der Waals surface area (Å²) >= 11 is 1.47. The Morgan fingerprint density at radius 3 is 2.47 bits per heavy atom. The number of anilines is 1. The molecule has 0 unspecified atom stereocenters. The van der Waals surface area contributed by atoms with Gasteiger partial charge < -0.3 is 5.32 Å². The zero-order valence-corrected chi connectivity index (χ0v) is 11.7. The molecule has 2 N–H and O–H groups in total. The van der Waals surface area contributed by atoms with Gasteiger partial charge in [-0.25, -0.2) is 9.78 Å². The maximum atomic E-state index is 11.5. The number of thiazole rings is 1. The zero-order valence-electron chi connectivity index (χ0n) is 10.9. The van der Waals surface area contributed by atoms with Crippen LogP contribution in [-0.2, 0) is 0 Å². The minimum absolute atomic E-state index is 0.0572. The van der Waals surface area contributed by atoms with E-state index in [1.54, 1.807) is 6.20 Å². The topological polar surface area (TPSA) is 54.0 Å². The molecule has 0 aromatic carbocycles. The van der Waals surface area contributed by atoms with E-state index >= 15 is 0 Å². The zero-order chi connectivity index (χ0) is 13.1. The molecule has 94 valence electrons. The average molecular weight is 253 g/mol. The first-order valence-electron chi connectivity index (χ1n) is 5.47. The molecule has 0 radical (unpaired) electrons. The van der Waals surface area contributed by atoms with Gasteiger partial charge >= 0.3 is 6.03 Å². The summed E-state index contributed by atoms with van der Waals surface area (Å²) in [7, 11) is 0. The maximum absolute atomic E-state index is 11.5. The smallest absolute Gasteiger partial charge is 0.315 e. The number of aromatic nitrogens is 1. The number of nitrogens with zero attached hydrogens (tertiary/aromatic N) is 1. The molecule has 2 amide bonds. The molecule has 0 saturated carbocycles. The van der Waals surface area contributed by atoms with Crippen LogP contribution in [0.3, 0.4) is 0 Å². The highest BCUT2D eigenvalue weighted by Gasteiger charge is 2.07. The second kappa shape index (κ2) is 5.31. The summed E-state index contributed by atoms with van der Waals surface area (Å²) in [5.41, 5.74) is 1.01. The Balaban J connectivity index is 2.48. The molecule has 17 heavy (non-hydrogen) atoms. The lowest BCUT2D eigenvalue weighted by Gasteiger charge is -2.10. The van der Waals surface area contributed by atoms with Crippen LogP contribution < -0.4 is 10.6 Å². The highest BCUT2D eigenvalue weighted by Crippen LogP contribution is 2.20. The number of aryl methyl sites for hydroxylation is 2. The molecule has 1 rings (SSSR count). The molecule has 0 spiro atoms. The van der Waals surface area contributed by atoms with E-state index in [0.29, 0.717) is 5.13 Å². The second-order valence-corrected chi connectivity index (χ2v) is 6.16. The number of carbonyl (C=O) groups is 1. The van der Waals surface area contributed by atoms with Crippen LogP contribution in [-0.4, -0.2) is 11.0 Å². The third-order valence-electron chi connectivity index (χ3n) is 2.05. The first kappa shape index (κ1) is 13.7. The van der Waals surface area contributed by atoms with Crippen LogP contribution in [0.5, 0.6) is 0 Å². The third-order valence-corrected chi connectivity index (χ3v) is 3.04. The Bertz CT molecular complexity index is 410. The van der Waals surface area contributed by atoms with Gasteiger partial charge in [-0.15, -0.1) is 11.3 Å². The largest absolute Gasteiger partial charge is 0.324 e. The van der Waals surface area contributed by atoms with Gasteiger partial charge in [0.1, 0.15) is 0 Å². The molecule has 4 nitrogen and oxygen atoms in total.